The molecule has 0 aliphatic carbocycles. The summed E-state index contributed by atoms with van der Waals surface area (Å²) in [5.74, 6) is -0.247. The van der Waals surface area contributed by atoms with Crippen molar-refractivity contribution < 1.29 is 9.72 Å². The van der Waals surface area contributed by atoms with Crippen LogP contribution >= 0.6 is 11.3 Å². The highest BCUT2D eigenvalue weighted by molar-refractivity contribution is 7.13. The van der Waals surface area contributed by atoms with Crippen LogP contribution in [0.3, 0.4) is 0 Å². The highest BCUT2D eigenvalue weighted by Crippen LogP contribution is 2.21. The first-order valence-corrected chi connectivity index (χ1v) is 6.58. The Morgan fingerprint density at radius 3 is 2.85 bits per heavy atom. The number of nitrogen functional groups attached to an aromatic ring is 1. The van der Waals surface area contributed by atoms with Gasteiger partial charge in [-0.25, -0.2) is 4.98 Å². The van der Waals surface area contributed by atoms with E-state index >= 15 is 0 Å². The Hall–Kier alpha value is -2.48. The molecular weight excluding hydrogens is 280 g/mol. The molecule has 0 aliphatic rings. The molecule has 8 heteroatoms. The van der Waals surface area contributed by atoms with Gasteiger partial charge in [-0.2, -0.15) is 0 Å². The second kappa shape index (κ2) is 5.66. The number of nitrogens with one attached hydrogen (secondary N) is 1. The quantitative estimate of drug-likeness (QED) is 0.662. The number of nitrogens with zero attached hydrogens (tertiary/aromatic N) is 2. The number of rotatable bonds is 4. The number of nitro benzene ring substituents is 1. The zero-order valence-corrected chi connectivity index (χ0v) is 11.4. The maximum Gasteiger partial charge on any atom is 0.272 e. The lowest BCUT2D eigenvalue weighted by molar-refractivity contribution is -0.385. The predicted molar refractivity (Wildman–Crippen MR) is 76.7 cm³/mol. The van der Waals surface area contributed by atoms with Gasteiger partial charge >= 0.3 is 0 Å². The molecule has 0 radical (unpaired) electrons. The van der Waals surface area contributed by atoms with E-state index in [1.807, 2.05) is 0 Å². The zero-order valence-electron chi connectivity index (χ0n) is 10.6. The van der Waals surface area contributed by atoms with Crippen molar-refractivity contribution in [3.8, 4) is 0 Å². The number of aryl methyl sites for hydroxylation is 1. The molecule has 1 heterocycles. The molecule has 0 atom stereocenters. The lowest BCUT2D eigenvalue weighted by Gasteiger charge is -2.05. The van der Waals surface area contributed by atoms with E-state index < -0.39 is 4.92 Å². The minimum atomic E-state index is -0.459. The first-order chi connectivity index (χ1) is 9.45. The van der Waals surface area contributed by atoms with E-state index in [-0.39, 0.29) is 18.0 Å². The van der Waals surface area contributed by atoms with Crippen LogP contribution in [0.4, 0.5) is 16.5 Å². The number of aromatic nitrogens is 1. The van der Waals surface area contributed by atoms with Crippen molar-refractivity contribution in [2.75, 3.05) is 11.1 Å². The third-order valence-corrected chi connectivity index (χ3v) is 3.31. The minimum Gasteiger partial charge on any atom is -0.375 e. The lowest BCUT2D eigenvalue weighted by atomic mass is 10.2. The summed E-state index contributed by atoms with van der Waals surface area (Å²) in [5, 5.41) is 15.5. The number of anilines is 2. The monoisotopic (exact) mass is 292 g/mol. The highest BCUT2D eigenvalue weighted by atomic mass is 32.1. The Morgan fingerprint density at radius 2 is 2.30 bits per heavy atom. The number of carbonyl (C=O) groups is 1. The molecule has 3 N–H and O–H groups in total. The summed E-state index contributed by atoms with van der Waals surface area (Å²) in [5.41, 5.74) is 7.11. The molecule has 1 amide bonds. The number of thiazole rings is 1. The van der Waals surface area contributed by atoms with Crippen molar-refractivity contribution in [3.63, 3.8) is 0 Å². The molecule has 2 aromatic rings. The summed E-state index contributed by atoms with van der Waals surface area (Å²) >= 11 is 1.27. The van der Waals surface area contributed by atoms with Crippen LogP contribution in [0.5, 0.6) is 0 Å². The second-order valence-corrected chi connectivity index (χ2v) is 5.05. The molecule has 20 heavy (non-hydrogen) atoms. The smallest absolute Gasteiger partial charge is 0.272 e. The Kier molecular flexibility index (Phi) is 3.94. The van der Waals surface area contributed by atoms with Gasteiger partial charge in [-0.05, 0) is 19.1 Å². The first kappa shape index (κ1) is 13.9. The fourth-order valence-electron chi connectivity index (χ4n) is 1.71. The first-order valence-electron chi connectivity index (χ1n) is 5.70. The molecule has 0 saturated carbocycles. The summed E-state index contributed by atoms with van der Waals surface area (Å²) in [6, 6.07) is 4.43. The van der Waals surface area contributed by atoms with Crippen LogP contribution in [0.25, 0.3) is 0 Å². The van der Waals surface area contributed by atoms with E-state index in [0.717, 1.165) is 0 Å². The lowest BCUT2D eigenvalue weighted by Crippen LogP contribution is -2.14. The molecule has 0 saturated heterocycles. The highest BCUT2D eigenvalue weighted by Gasteiger charge is 2.12. The number of carbonyl (C=O) groups excluding carboxylic acids is 1. The van der Waals surface area contributed by atoms with Crippen molar-refractivity contribution in [2.24, 2.45) is 0 Å². The van der Waals surface area contributed by atoms with Crippen molar-refractivity contribution in [3.05, 3.63) is 45.0 Å². The standard InChI is InChI=1S/C12H12N4O3S/c1-7-4-8(2-3-10(7)16(18)19)14-11(17)5-9-6-20-12(13)15-9/h2-4,6H,5H2,1H3,(H2,13,15)(H,14,17). The SMILES string of the molecule is Cc1cc(NC(=O)Cc2csc(N)n2)ccc1[N+](=O)[O-]. The molecule has 1 aromatic heterocycles. The zero-order chi connectivity index (χ0) is 14.7. The molecule has 0 aliphatic heterocycles. The van der Waals surface area contributed by atoms with Crippen LogP contribution < -0.4 is 11.1 Å². The normalized spacial score (nSPS) is 10.2. The van der Waals surface area contributed by atoms with Crippen LogP contribution in [0.2, 0.25) is 0 Å². The Labute approximate surface area is 118 Å². The van der Waals surface area contributed by atoms with E-state index in [4.69, 9.17) is 5.73 Å². The summed E-state index contributed by atoms with van der Waals surface area (Å²) < 4.78 is 0. The molecule has 7 nitrogen and oxygen atoms in total. The van der Waals surface area contributed by atoms with Gasteiger partial charge in [-0.15, -0.1) is 11.3 Å². The Balaban J connectivity index is 2.04. The minimum absolute atomic E-state index is 0.0234. The third-order valence-electron chi connectivity index (χ3n) is 2.59. The number of benzene rings is 1. The maximum absolute atomic E-state index is 11.8. The van der Waals surface area contributed by atoms with E-state index in [2.05, 4.69) is 10.3 Å². The average Bonchev–Trinajstić information content (AvgIpc) is 2.74. The third kappa shape index (κ3) is 3.29. The summed E-state index contributed by atoms with van der Waals surface area (Å²) in [4.78, 5) is 26.0. The van der Waals surface area contributed by atoms with Crippen molar-refractivity contribution in [2.45, 2.75) is 13.3 Å². The molecule has 0 fully saturated rings. The number of nitrogens with two attached hydrogens (primary N) is 1. The van der Waals surface area contributed by atoms with Crippen molar-refractivity contribution >= 4 is 33.8 Å². The van der Waals surface area contributed by atoms with Crippen molar-refractivity contribution in [1.82, 2.24) is 4.98 Å². The van der Waals surface area contributed by atoms with E-state index in [1.165, 1.54) is 23.5 Å². The number of amides is 1. The molecule has 0 unspecified atom stereocenters. The predicted octanol–water partition coefficient (Wildman–Crippen LogP) is 2.12. The average molecular weight is 292 g/mol. The van der Waals surface area contributed by atoms with E-state index in [0.29, 0.717) is 22.1 Å². The summed E-state index contributed by atoms with van der Waals surface area (Å²) in [6.07, 6.45) is 0.115. The largest absolute Gasteiger partial charge is 0.375 e. The van der Waals surface area contributed by atoms with Gasteiger partial charge in [0.25, 0.3) is 5.69 Å². The van der Waals surface area contributed by atoms with Crippen LogP contribution in [0.15, 0.2) is 23.6 Å². The van der Waals surface area contributed by atoms with Gasteiger partial charge in [0, 0.05) is 22.7 Å². The van der Waals surface area contributed by atoms with Gasteiger partial charge in [0.2, 0.25) is 5.91 Å². The fourth-order valence-corrected chi connectivity index (χ4v) is 2.27. The van der Waals surface area contributed by atoms with Gasteiger partial charge in [-0.1, -0.05) is 0 Å². The Bertz CT molecular complexity index is 668. The van der Waals surface area contributed by atoms with E-state index in [9.17, 15) is 14.9 Å². The molecule has 2 rings (SSSR count). The van der Waals surface area contributed by atoms with Gasteiger partial charge in [-0.3, -0.25) is 14.9 Å². The number of hydrogen-bond acceptors (Lipinski definition) is 6. The molecule has 1 aromatic carbocycles. The van der Waals surface area contributed by atoms with Gasteiger partial charge < -0.3 is 11.1 Å². The van der Waals surface area contributed by atoms with E-state index in [1.54, 1.807) is 18.4 Å². The van der Waals surface area contributed by atoms with Crippen LogP contribution in [0, 0.1) is 17.0 Å². The summed E-state index contributed by atoms with van der Waals surface area (Å²) in [6.45, 7) is 1.62. The molecule has 0 bridgehead atoms. The van der Waals surface area contributed by atoms with Crippen LogP contribution in [0.1, 0.15) is 11.3 Å². The van der Waals surface area contributed by atoms with Gasteiger partial charge in [0.1, 0.15) is 0 Å². The topological polar surface area (TPSA) is 111 Å². The van der Waals surface area contributed by atoms with Crippen LogP contribution in [-0.4, -0.2) is 15.8 Å². The second-order valence-electron chi connectivity index (χ2n) is 4.16. The number of hydrogen-bond donors (Lipinski definition) is 2. The van der Waals surface area contributed by atoms with Crippen molar-refractivity contribution in [1.29, 1.82) is 0 Å². The van der Waals surface area contributed by atoms with Gasteiger partial charge in [0.15, 0.2) is 5.13 Å². The maximum atomic E-state index is 11.8. The molecule has 104 valence electrons. The number of nitro groups is 1. The molecule has 0 spiro atoms. The summed E-state index contributed by atoms with van der Waals surface area (Å²) in [7, 11) is 0. The molecular formula is C12H12N4O3S. The van der Waals surface area contributed by atoms with Crippen LogP contribution in [-0.2, 0) is 11.2 Å². The van der Waals surface area contributed by atoms with Gasteiger partial charge in [0.05, 0.1) is 17.0 Å². The fraction of sp³-hybridized carbons (Fsp3) is 0.167. The Morgan fingerprint density at radius 1 is 1.55 bits per heavy atom.